The molecule has 2 aromatic rings. The molecule has 0 aliphatic carbocycles. The van der Waals surface area contributed by atoms with Crippen LogP contribution in [-0.2, 0) is 14.8 Å². The molecule has 0 unspecified atom stereocenters. The van der Waals surface area contributed by atoms with Gasteiger partial charge in [0.1, 0.15) is 0 Å². The summed E-state index contributed by atoms with van der Waals surface area (Å²) in [5.41, 5.74) is 2.74. The molecule has 2 rings (SSSR count). The number of carbonyl (C=O) groups is 1. The van der Waals surface area contributed by atoms with E-state index >= 15 is 0 Å². The van der Waals surface area contributed by atoms with Gasteiger partial charge in [0.25, 0.3) is 0 Å². The number of sulfonamides is 1. The highest BCUT2D eigenvalue weighted by Crippen LogP contribution is 2.22. The third-order valence-corrected chi connectivity index (χ3v) is 5.43. The molecule has 5 nitrogen and oxygen atoms in total. The summed E-state index contributed by atoms with van der Waals surface area (Å²) in [6, 6.07) is 8.46. The van der Waals surface area contributed by atoms with E-state index in [1.807, 2.05) is 26.0 Å². The quantitative estimate of drug-likeness (QED) is 0.775. The highest BCUT2D eigenvalue weighted by atomic mass is 32.2. The van der Waals surface area contributed by atoms with Gasteiger partial charge in [-0.05, 0) is 49.6 Å². The molecule has 0 atom stereocenters. The fraction of sp³-hybridized carbons (Fsp3) is 0.316. The second-order valence-electron chi connectivity index (χ2n) is 6.33. The number of amides is 1. The SMILES string of the molecule is Cc1cccc(NC(=O)CCCN(c2ccc(F)c(F)c2)S(C)(=O)=O)c1C. The molecule has 0 saturated heterocycles. The molecule has 0 fully saturated rings. The zero-order valence-corrected chi connectivity index (χ0v) is 16.2. The second kappa shape index (κ2) is 8.47. The molecule has 1 N–H and O–H groups in total. The van der Waals surface area contributed by atoms with Gasteiger partial charge in [-0.2, -0.15) is 0 Å². The van der Waals surface area contributed by atoms with Gasteiger partial charge in [-0.3, -0.25) is 9.10 Å². The first-order chi connectivity index (χ1) is 12.6. The number of hydrogen-bond acceptors (Lipinski definition) is 3. The van der Waals surface area contributed by atoms with Crippen molar-refractivity contribution in [2.24, 2.45) is 0 Å². The molecule has 0 aromatic heterocycles. The number of anilines is 2. The first-order valence-corrected chi connectivity index (χ1v) is 10.2. The van der Waals surface area contributed by atoms with Gasteiger partial charge in [-0.25, -0.2) is 17.2 Å². The lowest BCUT2D eigenvalue weighted by Gasteiger charge is -2.22. The third kappa shape index (κ3) is 5.50. The summed E-state index contributed by atoms with van der Waals surface area (Å²) >= 11 is 0. The Morgan fingerprint density at radius 1 is 1.11 bits per heavy atom. The van der Waals surface area contributed by atoms with Gasteiger partial charge in [0.05, 0.1) is 11.9 Å². The van der Waals surface area contributed by atoms with Crippen molar-refractivity contribution in [1.82, 2.24) is 0 Å². The normalized spacial score (nSPS) is 11.3. The van der Waals surface area contributed by atoms with Crippen molar-refractivity contribution in [1.29, 1.82) is 0 Å². The van der Waals surface area contributed by atoms with E-state index in [-0.39, 0.29) is 31.0 Å². The second-order valence-corrected chi connectivity index (χ2v) is 8.24. The highest BCUT2D eigenvalue weighted by molar-refractivity contribution is 7.92. The maximum Gasteiger partial charge on any atom is 0.232 e. The van der Waals surface area contributed by atoms with Crippen LogP contribution in [0.2, 0.25) is 0 Å². The summed E-state index contributed by atoms with van der Waals surface area (Å²) in [5.74, 6) is -2.43. The minimum absolute atomic E-state index is 0.0198. The molecule has 8 heteroatoms. The maximum absolute atomic E-state index is 13.4. The van der Waals surface area contributed by atoms with Crippen LogP contribution in [0, 0.1) is 25.5 Å². The molecule has 0 bridgehead atoms. The predicted molar refractivity (Wildman–Crippen MR) is 102 cm³/mol. The lowest BCUT2D eigenvalue weighted by Crippen LogP contribution is -2.31. The summed E-state index contributed by atoms with van der Waals surface area (Å²) in [6.07, 6.45) is 1.29. The average molecular weight is 396 g/mol. The molecule has 0 spiro atoms. The Hall–Kier alpha value is -2.48. The lowest BCUT2D eigenvalue weighted by atomic mass is 10.1. The number of rotatable bonds is 7. The van der Waals surface area contributed by atoms with Gasteiger partial charge in [0.2, 0.25) is 15.9 Å². The Morgan fingerprint density at radius 2 is 1.81 bits per heavy atom. The molecule has 0 radical (unpaired) electrons. The first-order valence-electron chi connectivity index (χ1n) is 8.38. The Kier molecular flexibility index (Phi) is 6.54. The highest BCUT2D eigenvalue weighted by Gasteiger charge is 2.19. The average Bonchev–Trinajstić information content (AvgIpc) is 2.57. The molecule has 0 aliphatic rings. The van der Waals surface area contributed by atoms with Gasteiger partial charge < -0.3 is 5.32 Å². The summed E-state index contributed by atoms with van der Waals surface area (Å²) in [5, 5.41) is 2.80. The molecule has 146 valence electrons. The number of aryl methyl sites for hydroxylation is 1. The molecule has 27 heavy (non-hydrogen) atoms. The van der Waals surface area contributed by atoms with E-state index in [0.717, 1.165) is 33.8 Å². The smallest absolute Gasteiger partial charge is 0.232 e. The standard InChI is InChI=1S/C19H22F2N2O3S/c1-13-6-4-7-18(14(13)2)22-19(24)8-5-11-23(27(3,25)26)15-9-10-16(20)17(21)12-15/h4,6-7,9-10,12H,5,8,11H2,1-3H3,(H,22,24). The molecular formula is C19H22F2N2O3S. The van der Waals surface area contributed by atoms with Gasteiger partial charge >= 0.3 is 0 Å². The molecule has 0 heterocycles. The topological polar surface area (TPSA) is 66.5 Å². The molecule has 1 amide bonds. The minimum Gasteiger partial charge on any atom is -0.326 e. The number of benzene rings is 2. The summed E-state index contributed by atoms with van der Waals surface area (Å²) in [7, 11) is -3.70. The Balaban J connectivity index is 2.02. The van der Waals surface area contributed by atoms with E-state index < -0.39 is 21.7 Å². The maximum atomic E-state index is 13.4. The monoisotopic (exact) mass is 396 g/mol. The van der Waals surface area contributed by atoms with Crippen molar-refractivity contribution in [2.75, 3.05) is 22.4 Å². The Labute approximate surface area is 158 Å². The fourth-order valence-corrected chi connectivity index (χ4v) is 3.57. The van der Waals surface area contributed by atoms with Crippen LogP contribution in [0.25, 0.3) is 0 Å². The Bertz CT molecular complexity index is 946. The summed E-state index contributed by atoms with van der Waals surface area (Å²) < 4.78 is 51.5. The van der Waals surface area contributed by atoms with E-state index in [2.05, 4.69) is 5.32 Å². The predicted octanol–water partition coefficient (Wildman–Crippen LogP) is 3.77. The van der Waals surface area contributed by atoms with Gasteiger partial charge in [0, 0.05) is 24.7 Å². The molecule has 0 saturated carbocycles. The number of hydrogen-bond donors (Lipinski definition) is 1. The first kappa shape index (κ1) is 20.8. The van der Waals surface area contributed by atoms with Crippen LogP contribution in [0.5, 0.6) is 0 Å². The van der Waals surface area contributed by atoms with Gasteiger partial charge in [-0.15, -0.1) is 0 Å². The van der Waals surface area contributed by atoms with Crippen LogP contribution in [0.3, 0.4) is 0 Å². The third-order valence-electron chi connectivity index (χ3n) is 4.24. The van der Waals surface area contributed by atoms with E-state index in [0.29, 0.717) is 5.69 Å². The zero-order valence-electron chi connectivity index (χ0n) is 15.4. The van der Waals surface area contributed by atoms with Crippen LogP contribution in [0.15, 0.2) is 36.4 Å². The van der Waals surface area contributed by atoms with Gasteiger partial charge in [-0.1, -0.05) is 12.1 Å². The van der Waals surface area contributed by atoms with Gasteiger partial charge in [0.15, 0.2) is 11.6 Å². The van der Waals surface area contributed by atoms with Crippen molar-refractivity contribution in [3.8, 4) is 0 Å². The molecule has 0 aliphatic heterocycles. The van der Waals surface area contributed by atoms with E-state index in [1.54, 1.807) is 6.07 Å². The van der Waals surface area contributed by atoms with Crippen molar-refractivity contribution < 1.29 is 22.0 Å². The number of nitrogens with zero attached hydrogens (tertiary/aromatic N) is 1. The number of nitrogens with one attached hydrogen (secondary N) is 1. The summed E-state index contributed by atoms with van der Waals surface area (Å²) in [6.45, 7) is 3.82. The Morgan fingerprint density at radius 3 is 2.44 bits per heavy atom. The van der Waals surface area contributed by atoms with Crippen LogP contribution in [0.4, 0.5) is 20.2 Å². The van der Waals surface area contributed by atoms with Crippen LogP contribution >= 0.6 is 0 Å². The van der Waals surface area contributed by atoms with E-state index in [4.69, 9.17) is 0 Å². The fourth-order valence-electron chi connectivity index (χ4n) is 2.61. The zero-order chi connectivity index (χ0) is 20.2. The van der Waals surface area contributed by atoms with Crippen molar-refractivity contribution in [3.63, 3.8) is 0 Å². The van der Waals surface area contributed by atoms with E-state index in [1.165, 1.54) is 6.07 Å². The molecular weight excluding hydrogens is 374 g/mol. The number of halogens is 2. The van der Waals surface area contributed by atoms with Crippen molar-refractivity contribution in [2.45, 2.75) is 26.7 Å². The summed E-state index contributed by atoms with van der Waals surface area (Å²) in [4.78, 5) is 12.2. The molecule has 2 aromatic carbocycles. The van der Waals surface area contributed by atoms with Crippen molar-refractivity contribution in [3.05, 3.63) is 59.2 Å². The van der Waals surface area contributed by atoms with Crippen LogP contribution in [0.1, 0.15) is 24.0 Å². The van der Waals surface area contributed by atoms with Crippen molar-refractivity contribution >= 4 is 27.3 Å². The minimum atomic E-state index is -3.70. The van der Waals surface area contributed by atoms with E-state index in [9.17, 15) is 22.0 Å². The number of carbonyl (C=O) groups excluding carboxylic acids is 1. The largest absolute Gasteiger partial charge is 0.326 e. The van der Waals surface area contributed by atoms with Crippen LogP contribution < -0.4 is 9.62 Å². The van der Waals surface area contributed by atoms with Crippen LogP contribution in [-0.4, -0.2) is 27.1 Å². The lowest BCUT2D eigenvalue weighted by molar-refractivity contribution is -0.116.